The molecular formula is C22H29N5O4. The monoisotopic (exact) mass is 427 g/mol. The summed E-state index contributed by atoms with van der Waals surface area (Å²) in [5.41, 5.74) is 1.34. The molecule has 1 aliphatic heterocycles. The lowest BCUT2D eigenvalue weighted by Gasteiger charge is -2.24. The number of hydrogen-bond donors (Lipinski definition) is 3. The molecule has 0 radical (unpaired) electrons. The topological polar surface area (TPSA) is 117 Å². The van der Waals surface area contributed by atoms with Crippen molar-refractivity contribution in [3.05, 3.63) is 47.9 Å². The van der Waals surface area contributed by atoms with Crippen LogP contribution in [0.1, 0.15) is 37.1 Å². The second kappa shape index (κ2) is 10.6. The van der Waals surface area contributed by atoms with E-state index >= 15 is 0 Å². The molecule has 2 heterocycles. The first-order valence-electron chi connectivity index (χ1n) is 10.5. The molecule has 3 N–H and O–H groups in total. The Morgan fingerprint density at radius 1 is 1.23 bits per heavy atom. The highest BCUT2D eigenvalue weighted by molar-refractivity contribution is 5.89. The summed E-state index contributed by atoms with van der Waals surface area (Å²) in [6.45, 7) is 2.45. The number of aryl methyl sites for hydroxylation is 1. The first kappa shape index (κ1) is 22.3. The van der Waals surface area contributed by atoms with Gasteiger partial charge in [-0.3, -0.25) is 9.59 Å². The highest BCUT2D eigenvalue weighted by Crippen LogP contribution is 2.19. The third-order valence-corrected chi connectivity index (χ3v) is 5.30. The van der Waals surface area contributed by atoms with E-state index in [1.807, 2.05) is 30.3 Å². The van der Waals surface area contributed by atoms with E-state index in [0.29, 0.717) is 36.5 Å². The van der Waals surface area contributed by atoms with Crippen molar-refractivity contribution in [1.82, 2.24) is 20.7 Å². The van der Waals surface area contributed by atoms with Crippen LogP contribution in [0.25, 0.3) is 0 Å². The van der Waals surface area contributed by atoms with Crippen molar-refractivity contribution < 1.29 is 18.9 Å². The van der Waals surface area contributed by atoms with E-state index in [9.17, 15) is 14.4 Å². The molecule has 1 saturated heterocycles. The molecule has 1 fully saturated rings. The highest BCUT2D eigenvalue weighted by atomic mass is 16.5. The molecule has 9 heteroatoms. The van der Waals surface area contributed by atoms with E-state index in [2.05, 4.69) is 21.1 Å². The number of para-hydroxylation sites is 1. The molecule has 3 rings (SSSR count). The number of nitrogens with one attached hydrogen (secondary N) is 3. The number of rotatable bonds is 5. The lowest BCUT2D eigenvalue weighted by Crippen LogP contribution is -2.45. The van der Waals surface area contributed by atoms with Crippen molar-refractivity contribution >= 4 is 23.5 Å². The average molecular weight is 428 g/mol. The van der Waals surface area contributed by atoms with Gasteiger partial charge in [0.2, 0.25) is 11.8 Å². The maximum atomic E-state index is 12.7. The zero-order valence-electron chi connectivity index (χ0n) is 17.9. The van der Waals surface area contributed by atoms with Crippen molar-refractivity contribution in [1.29, 1.82) is 0 Å². The Kier molecular flexibility index (Phi) is 7.64. The molecule has 0 bridgehead atoms. The lowest BCUT2D eigenvalue weighted by atomic mass is 9.96. The zero-order chi connectivity index (χ0) is 22.2. The Hall–Kier alpha value is -3.36. The molecule has 2 unspecified atom stereocenters. The summed E-state index contributed by atoms with van der Waals surface area (Å²) in [4.78, 5) is 39.2. The van der Waals surface area contributed by atoms with Crippen LogP contribution in [0.3, 0.4) is 0 Å². The minimum absolute atomic E-state index is 0.116. The quantitative estimate of drug-likeness (QED) is 0.678. The van der Waals surface area contributed by atoms with E-state index in [1.165, 1.54) is 0 Å². The van der Waals surface area contributed by atoms with Crippen LogP contribution in [0.2, 0.25) is 0 Å². The summed E-state index contributed by atoms with van der Waals surface area (Å²) in [6, 6.07) is 10.4. The van der Waals surface area contributed by atoms with Gasteiger partial charge in [-0.2, -0.15) is 0 Å². The SMILES string of the molecule is Cc1cc(CNC(=O)C2CCCC(NC(=O)Nc3ccccc3)CN(C)C(=O)C2)no1. The number of hydrogen-bond acceptors (Lipinski definition) is 5. The van der Waals surface area contributed by atoms with Gasteiger partial charge in [-0.25, -0.2) is 4.79 Å². The molecule has 0 aliphatic carbocycles. The Morgan fingerprint density at radius 2 is 2.00 bits per heavy atom. The van der Waals surface area contributed by atoms with Gasteiger partial charge in [-0.15, -0.1) is 0 Å². The van der Waals surface area contributed by atoms with Crippen molar-refractivity contribution in [2.24, 2.45) is 5.92 Å². The van der Waals surface area contributed by atoms with Crippen LogP contribution in [0.4, 0.5) is 10.5 Å². The normalized spacial score (nSPS) is 19.7. The number of benzene rings is 1. The van der Waals surface area contributed by atoms with Crippen LogP contribution in [0.5, 0.6) is 0 Å². The fraction of sp³-hybridized carbons (Fsp3) is 0.455. The molecule has 2 aromatic rings. The maximum Gasteiger partial charge on any atom is 0.319 e. The second-order valence-corrected chi connectivity index (χ2v) is 7.91. The van der Waals surface area contributed by atoms with Crippen LogP contribution < -0.4 is 16.0 Å². The maximum absolute atomic E-state index is 12.7. The van der Waals surface area contributed by atoms with Crippen LogP contribution >= 0.6 is 0 Å². The van der Waals surface area contributed by atoms with Gasteiger partial charge in [0, 0.05) is 43.7 Å². The molecule has 0 spiro atoms. The second-order valence-electron chi connectivity index (χ2n) is 7.91. The Morgan fingerprint density at radius 3 is 2.71 bits per heavy atom. The predicted molar refractivity (Wildman–Crippen MR) is 115 cm³/mol. The minimum atomic E-state index is -0.417. The number of anilines is 1. The summed E-state index contributed by atoms with van der Waals surface area (Å²) in [5.74, 6) is -0.0246. The van der Waals surface area contributed by atoms with Crippen molar-refractivity contribution in [3.8, 4) is 0 Å². The Labute approximate surface area is 181 Å². The Balaban J connectivity index is 1.54. The molecule has 0 saturated carbocycles. The molecule has 1 aromatic heterocycles. The number of urea groups is 1. The molecule has 4 amide bonds. The van der Waals surface area contributed by atoms with Crippen LogP contribution in [0, 0.1) is 12.8 Å². The average Bonchev–Trinajstić information content (AvgIpc) is 3.18. The number of amides is 4. The number of nitrogens with zero attached hydrogens (tertiary/aromatic N) is 2. The fourth-order valence-corrected chi connectivity index (χ4v) is 3.64. The summed E-state index contributed by atoms with van der Waals surface area (Å²) in [6.07, 6.45) is 2.11. The number of aromatic nitrogens is 1. The third kappa shape index (κ3) is 6.84. The number of carbonyl (C=O) groups is 3. The number of carbonyl (C=O) groups excluding carboxylic acids is 3. The fourth-order valence-electron chi connectivity index (χ4n) is 3.64. The van der Waals surface area contributed by atoms with Gasteiger partial charge < -0.3 is 25.4 Å². The largest absolute Gasteiger partial charge is 0.361 e. The standard InChI is InChI=1S/C22H29N5O4/c1-15-11-19(26-31-15)13-23-21(29)16-7-6-10-18(14-27(2)20(28)12-16)25-22(30)24-17-8-4-3-5-9-17/h3-5,8-9,11,16,18H,6-7,10,12-14H2,1-2H3,(H,23,29)(H2,24,25,30). The smallest absolute Gasteiger partial charge is 0.319 e. The molecule has 1 aliphatic rings. The lowest BCUT2D eigenvalue weighted by molar-refractivity contribution is -0.135. The van der Waals surface area contributed by atoms with Gasteiger partial charge in [-0.05, 0) is 31.9 Å². The first-order chi connectivity index (χ1) is 14.9. The summed E-state index contributed by atoms with van der Waals surface area (Å²) >= 11 is 0. The zero-order valence-corrected chi connectivity index (χ0v) is 17.9. The molecular weight excluding hydrogens is 398 g/mol. The van der Waals surface area contributed by atoms with Crippen LogP contribution in [-0.2, 0) is 16.1 Å². The van der Waals surface area contributed by atoms with E-state index in [0.717, 1.165) is 6.42 Å². The highest BCUT2D eigenvalue weighted by Gasteiger charge is 2.27. The third-order valence-electron chi connectivity index (χ3n) is 5.30. The van der Waals surface area contributed by atoms with E-state index in [4.69, 9.17) is 4.52 Å². The minimum Gasteiger partial charge on any atom is -0.361 e. The molecule has 1 aromatic carbocycles. The molecule has 166 valence electrons. The van der Waals surface area contributed by atoms with Crippen molar-refractivity contribution in [3.63, 3.8) is 0 Å². The van der Waals surface area contributed by atoms with Gasteiger partial charge in [-0.1, -0.05) is 29.8 Å². The van der Waals surface area contributed by atoms with Crippen LogP contribution in [-0.4, -0.2) is 47.5 Å². The van der Waals surface area contributed by atoms with E-state index in [1.54, 1.807) is 24.9 Å². The van der Waals surface area contributed by atoms with Gasteiger partial charge in [0.05, 0.1) is 6.54 Å². The van der Waals surface area contributed by atoms with Gasteiger partial charge in [0.25, 0.3) is 0 Å². The van der Waals surface area contributed by atoms with E-state index < -0.39 is 5.92 Å². The van der Waals surface area contributed by atoms with Gasteiger partial charge >= 0.3 is 6.03 Å². The number of likely N-dealkylation sites (N-methyl/N-ethyl adjacent to an activating group) is 1. The van der Waals surface area contributed by atoms with Gasteiger partial charge in [0.1, 0.15) is 11.5 Å². The summed E-state index contributed by atoms with van der Waals surface area (Å²) < 4.78 is 5.01. The van der Waals surface area contributed by atoms with Gasteiger partial charge in [0.15, 0.2) is 0 Å². The molecule has 9 nitrogen and oxygen atoms in total. The van der Waals surface area contributed by atoms with Crippen molar-refractivity contribution in [2.75, 3.05) is 18.9 Å². The summed E-state index contributed by atoms with van der Waals surface area (Å²) in [5, 5.41) is 12.5. The van der Waals surface area contributed by atoms with Crippen LogP contribution in [0.15, 0.2) is 40.9 Å². The Bertz CT molecular complexity index is 898. The molecule has 31 heavy (non-hydrogen) atoms. The van der Waals surface area contributed by atoms with Crippen molar-refractivity contribution in [2.45, 2.75) is 45.2 Å². The predicted octanol–water partition coefficient (Wildman–Crippen LogP) is 2.44. The first-order valence-corrected chi connectivity index (χ1v) is 10.5. The summed E-state index contributed by atoms with van der Waals surface area (Å²) in [7, 11) is 1.70. The molecule has 2 atom stereocenters. The van der Waals surface area contributed by atoms with E-state index in [-0.39, 0.29) is 36.9 Å².